The molecule has 0 aromatic heterocycles. The molecule has 1 aliphatic carbocycles. The van der Waals surface area contributed by atoms with Crippen molar-refractivity contribution in [3.8, 4) is 5.75 Å². The molecular weight excluding hydrogens is 378 g/mol. The Balaban J connectivity index is 1.59. The monoisotopic (exact) mass is 400 g/mol. The summed E-state index contributed by atoms with van der Waals surface area (Å²) in [6.07, 6.45) is 2.27. The number of fused-ring (bicyclic) bond motifs is 1. The van der Waals surface area contributed by atoms with E-state index in [-0.39, 0.29) is 5.91 Å². The largest absolute Gasteiger partial charge is 0.480 e. The van der Waals surface area contributed by atoms with Crippen molar-refractivity contribution in [1.82, 2.24) is 4.90 Å². The number of carbonyl (C=O) groups excluding carboxylic acids is 2. The lowest BCUT2D eigenvalue weighted by Gasteiger charge is -2.23. The molecule has 2 aliphatic rings. The number of nitrogens with zero attached hydrogens (tertiary/aromatic N) is 1. The third-order valence-corrected chi connectivity index (χ3v) is 5.27. The fourth-order valence-electron chi connectivity index (χ4n) is 3.52. The molecule has 0 saturated heterocycles. The van der Waals surface area contributed by atoms with Crippen molar-refractivity contribution in [2.75, 3.05) is 11.9 Å². The van der Waals surface area contributed by atoms with Gasteiger partial charge in [0.15, 0.2) is 6.10 Å². The van der Waals surface area contributed by atoms with Crippen molar-refractivity contribution in [1.29, 1.82) is 0 Å². The molecule has 1 heterocycles. The molecule has 2 aromatic rings. The SMILES string of the molecule is CCC1Oc2ccc(NC(=O)c3c(F)cccc3F)cc2CN(CC2CC2)C1=O. The number of hydrogen-bond acceptors (Lipinski definition) is 3. The van der Waals surface area contributed by atoms with Gasteiger partial charge in [0.05, 0.1) is 0 Å². The number of ether oxygens (including phenoxy) is 1. The van der Waals surface area contributed by atoms with Crippen LogP contribution in [0.2, 0.25) is 0 Å². The van der Waals surface area contributed by atoms with E-state index in [1.165, 1.54) is 6.07 Å². The van der Waals surface area contributed by atoms with Gasteiger partial charge in [-0.3, -0.25) is 9.59 Å². The van der Waals surface area contributed by atoms with E-state index in [0.717, 1.165) is 30.5 Å². The Hall–Kier alpha value is -2.96. The molecule has 0 bridgehead atoms. The van der Waals surface area contributed by atoms with Gasteiger partial charge in [-0.25, -0.2) is 8.78 Å². The summed E-state index contributed by atoms with van der Waals surface area (Å²) in [7, 11) is 0. The number of anilines is 1. The predicted octanol–water partition coefficient (Wildman–Crippen LogP) is 4.13. The molecule has 5 nitrogen and oxygen atoms in total. The number of carbonyl (C=O) groups is 2. The molecule has 29 heavy (non-hydrogen) atoms. The maximum atomic E-state index is 13.9. The molecule has 7 heteroatoms. The van der Waals surface area contributed by atoms with Crippen molar-refractivity contribution in [3.63, 3.8) is 0 Å². The summed E-state index contributed by atoms with van der Waals surface area (Å²) in [6.45, 7) is 2.97. The average molecular weight is 400 g/mol. The normalized spacial score (nSPS) is 18.7. The van der Waals surface area contributed by atoms with Crippen molar-refractivity contribution in [2.24, 2.45) is 5.92 Å². The maximum Gasteiger partial charge on any atom is 0.263 e. The molecule has 1 N–H and O–H groups in total. The first-order valence-corrected chi connectivity index (χ1v) is 9.80. The molecule has 1 atom stereocenters. The number of nitrogens with one attached hydrogen (secondary N) is 1. The highest BCUT2D eigenvalue weighted by atomic mass is 19.1. The molecule has 2 amide bonds. The average Bonchev–Trinajstić information content (AvgIpc) is 3.51. The van der Waals surface area contributed by atoms with Crippen LogP contribution in [0.15, 0.2) is 36.4 Å². The summed E-state index contributed by atoms with van der Waals surface area (Å²) in [4.78, 5) is 27.0. The van der Waals surface area contributed by atoms with E-state index in [1.807, 2.05) is 6.92 Å². The van der Waals surface area contributed by atoms with Crippen molar-refractivity contribution < 1.29 is 23.1 Å². The van der Waals surface area contributed by atoms with Gasteiger partial charge in [0, 0.05) is 24.3 Å². The van der Waals surface area contributed by atoms with E-state index in [4.69, 9.17) is 4.74 Å². The summed E-state index contributed by atoms with van der Waals surface area (Å²) >= 11 is 0. The lowest BCUT2D eigenvalue weighted by molar-refractivity contribution is -0.138. The van der Waals surface area contributed by atoms with E-state index in [2.05, 4.69) is 5.32 Å². The zero-order valence-electron chi connectivity index (χ0n) is 16.1. The van der Waals surface area contributed by atoms with Crippen LogP contribution in [0.3, 0.4) is 0 Å². The third kappa shape index (κ3) is 4.09. The van der Waals surface area contributed by atoms with Crippen LogP contribution in [0, 0.1) is 17.6 Å². The topological polar surface area (TPSA) is 58.6 Å². The Kier molecular flexibility index (Phi) is 5.22. The van der Waals surface area contributed by atoms with Gasteiger partial charge in [-0.1, -0.05) is 13.0 Å². The molecule has 2 aromatic carbocycles. The van der Waals surface area contributed by atoms with Gasteiger partial charge >= 0.3 is 0 Å². The Morgan fingerprint density at radius 1 is 1.21 bits per heavy atom. The molecule has 1 unspecified atom stereocenters. The van der Waals surface area contributed by atoms with Gasteiger partial charge in [-0.15, -0.1) is 0 Å². The van der Waals surface area contributed by atoms with Crippen LogP contribution in [0.25, 0.3) is 0 Å². The number of halogens is 2. The van der Waals surface area contributed by atoms with Crippen LogP contribution in [-0.4, -0.2) is 29.4 Å². The minimum absolute atomic E-state index is 0.0328. The van der Waals surface area contributed by atoms with E-state index >= 15 is 0 Å². The van der Waals surface area contributed by atoms with Crippen LogP contribution >= 0.6 is 0 Å². The molecule has 152 valence electrons. The lowest BCUT2D eigenvalue weighted by atomic mass is 10.1. The Bertz CT molecular complexity index is 939. The Labute approximate surface area is 167 Å². The molecule has 1 fully saturated rings. The van der Waals surface area contributed by atoms with E-state index < -0.39 is 29.2 Å². The number of hydrogen-bond donors (Lipinski definition) is 1. The van der Waals surface area contributed by atoms with Crippen LogP contribution < -0.4 is 10.1 Å². The number of amides is 2. The van der Waals surface area contributed by atoms with Gasteiger partial charge in [0.25, 0.3) is 11.8 Å². The summed E-state index contributed by atoms with van der Waals surface area (Å²) in [5, 5.41) is 2.54. The van der Waals surface area contributed by atoms with E-state index in [9.17, 15) is 18.4 Å². The Morgan fingerprint density at radius 3 is 2.59 bits per heavy atom. The maximum absolute atomic E-state index is 13.9. The van der Waals surface area contributed by atoms with Gasteiger partial charge in [-0.05, 0) is 55.5 Å². The predicted molar refractivity (Wildman–Crippen MR) is 104 cm³/mol. The van der Waals surface area contributed by atoms with Crippen molar-refractivity contribution >= 4 is 17.5 Å². The van der Waals surface area contributed by atoms with Gasteiger partial charge < -0.3 is 15.0 Å². The molecule has 0 radical (unpaired) electrons. The van der Waals surface area contributed by atoms with Gasteiger partial charge in [-0.2, -0.15) is 0 Å². The smallest absolute Gasteiger partial charge is 0.263 e. The standard InChI is InChI=1S/C22H22F2N2O3/c1-2-18-22(28)26(11-13-6-7-13)12-14-10-15(8-9-19(14)29-18)25-21(27)20-16(23)4-3-5-17(20)24/h3-5,8-10,13,18H,2,6-7,11-12H2,1H3,(H,25,27). The quantitative estimate of drug-likeness (QED) is 0.821. The second-order valence-corrected chi connectivity index (χ2v) is 7.55. The first-order chi connectivity index (χ1) is 14.0. The highest BCUT2D eigenvalue weighted by molar-refractivity contribution is 6.04. The summed E-state index contributed by atoms with van der Waals surface area (Å²) in [6, 6.07) is 8.25. The summed E-state index contributed by atoms with van der Waals surface area (Å²) in [5.41, 5.74) is 0.505. The minimum atomic E-state index is -0.924. The van der Waals surface area contributed by atoms with E-state index in [0.29, 0.717) is 36.9 Å². The number of rotatable bonds is 5. The lowest BCUT2D eigenvalue weighted by Crippen LogP contribution is -2.40. The zero-order valence-corrected chi connectivity index (χ0v) is 16.1. The number of benzene rings is 2. The first-order valence-electron chi connectivity index (χ1n) is 9.80. The first kappa shape index (κ1) is 19.4. The Morgan fingerprint density at radius 2 is 1.93 bits per heavy atom. The van der Waals surface area contributed by atoms with Crippen LogP contribution in [0.1, 0.15) is 42.1 Å². The molecule has 0 spiro atoms. The molecular formula is C22H22F2N2O3. The summed E-state index contributed by atoms with van der Waals surface area (Å²) in [5.74, 6) is -1.63. The molecule has 1 aliphatic heterocycles. The fraction of sp³-hybridized carbons (Fsp3) is 0.364. The van der Waals surface area contributed by atoms with Crippen molar-refractivity contribution in [2.45, 2.75) is 38.8 Å². The van der Waals surface area contributed by atoms with Crippen LogP contribution in [0.4, 0.5) is 14.5 Å². The minimum Gasteiger partial charge on any atom is -0.480 e. The van der Waals surface area contributed by atoms with Crippen LogP contribution in [0.5, 0.6) is 5.75 Å². The van der Waals surface area contributed by atoms with Crippen LogP contribution in [-0.2, 0) is 11.3 Å². The zero-order chi connectivity index (χ0) is 20.5. The van der Waals surface area contributed by atoms with Gasteiger partial charge in [0.2, 0.25) is 0 Å². The highest BCUT2D eigenvalue weighted by Gasteiger charge is 2.34. The second kappa shape index (κ2) is 7.81. The highest BCUT2D eigenvalue weighted by Crippen LogP contribution is 2.34. The summed E-state index contributed by atoms with van der Waals surface area (Å²) < 4.78 is 33.6. The third-order valence-electron chi connectivity index (χ3n) is 5.27. The second-order valence-electron chi connectivity index (χ2n) is 7.55. The molecule has 4 rings (SSSR count). The van der Waals surface area contributed by atoms with Gasteiger partial charge in [0.1, 0.15) is 22.9 Å². The van der Waals surface area contributed by atoms with E-state index in [1.54, 1.807) is 23.1 Å². The fourth-order valence-corrected chi connectivity index (χ4v) is 3.52. The van der Waals surface area contributed by atoms with Crippen molar-refractivity contribution in [3.05, 3.63) is 59.2 Å². The molecule has 1 saturated carbocycles.